The van der Waals surface area contributed by atoms with Gasteiger partial charge in [0.1, 0.15) is 10.7 Å². The fourth-order valence-corrected chi connectivity index (χ4v) is 2.35. The molecule has 0 bridgehead atoms. The molecule has 0 saturated carbocycles. The molecular weight excluding hydrogens is 210 g/mol. The standard InChI is InChI=1S/C10H9N3OS/c1-2-6-5-7-9(14)12-8(3-4-11)13-10(7)15-6/h5H,2-3H2,1H3,(H,12,13,14). The van der Waals surface area contributed by atoms with Gasteiger partial charge in [-0.15, -0.1) is 11.3 Å². The van der Waals surface area contributed by atoms with E-state index in [9.17, 15) is 4.79 Å². The Labute approximate surface area is 90.2 Å². The summed E-state index contributed by atoms with van der Waals surface area (Å²) in [6.07, 6.45) is 1.04. The van der Waals surface area contributed by atoms with Crippen LogP contribution >= 0.6 is 11.3 Å². The zero-order valence-corrected chi connectivity index (χ0v) is 9.02. The first-order valence-electron chi connectivity index (χ1n) is 4.63. The van der Waals surface area contributed by atoms with Crippen LogP contribution in [0.15, 0.2) is 10.9 Å². The van der Waals surface area contributed by atoms with E-state index in [0.29, 0.717) is 11.2 Å². The first-order valence-corrected chi connectivity index (χ1v) is 5.44. The molecule has 0 aliphatic carbocycles. The summed E-state index contributed by atoms with van der Waals surface area (Å²) < 4.78 is 0. The summed E-state index contributed by atoms with van der Waals surface area (Å²) in [5, 5.41) is 9.15. The van der Waals surface area contributed by atoms with Crippen LogP contribution in [0.5, 0.6) is 0 Å². The van der Waals surface area contributed by atoms with Gasteiger partial charge in [0.2, 0.25) is 0 Å². The third-order valence-corrected chi connectivity index (χ3v) is 3.27. The quantitative estimate of drug-likeness (QED) is 0.834. The zero-order chi connectivity index (χ0) is 10.8. The largest absolute Gasteiger partial charge is 0.309 e. The van der Waals surface area contributed by atoms with Gasteiger partial charge in [-0.25, -0.2) is 4.98 Å². The second-order valence-electron chi connectivity index (χ2n) is 3.13. The van der Waals surface area contributed by atoms with Gasteiger partial charge in [0, 0.05) is 4.88 Å². The van der Waals surface area contributed by atoms with Gasteiger partial charge in [-0.2, -0.15) is 5.26 Å². The van der Waals surface area contributed by atoms with E-state index in [2.05, 4.69) is 9.97 Å². The van der Waals surface area contributed by atoms with E-state index in [1.54, 1.807) is 0 Å². The summed E-state index contributed by atoms with van der Waals surface area (Å²) in [5.41, 5.74) is -0.152. The average Bonchev–Trinajstić information content (AvgIpc) is 2.62. The molecule has 0 atom stereocenters. The molecule has 0 amide bonds. The Bertz CT molecular complexity index is 591. The Hall–Kier alpha value is -1.67. The van der Waals surface area contributed by atoms with Gasteiger partial charge in [-0.05, 0) is 12.5 Å². The van der Waals surface area contributed by atoms with Crippen molar-refractivity contribution in [1.82, 2.24) is 9.97 Å². The predicted molar refractivity (Wildman–Crippen MR) is 58.9 cm³/mol. The van der Waals surface area contributed by atoms with Crippen LogP contribution in [-0.2, 0) is 12.8 Å². The van der Waals surface area contributed by atoms with Crippen LogP contribution in [0.3, 0.4) is 0 Å². The maximum absolute atomic E-state index is 11.6. The fourth-order valence-electron chi connectivity index (χ4n) is 1.36. The Morgan fingerprint density at radius 3 is 3.13 bits per heavy atom. The summed E-state index contributed by atoms with van der Waals surface area (Å²) in [4.78, 5) is 20.3. The number of thiophene rings is 1. The van der Waals surface area contributed by atoms with E-state index >= 15 is 0 Å². The molecule has 0 aromatic carbocycles. The van der Waals surface area contributed by atoms with Crippen molar-refractivity contribution in [3.05, 3.63) is 27.1 Å². The molecule has 2 aromatic rings. The van der Waals surface area contributed by atoms with Crippen molar-refractivity contribution in [2.45, 2.75) is 19.8 Å². The normalized spacial score (nSPS) is 10.4. The molecule has 1 N–H and O–H groups in total. The summed E-state index contributed by atoms with van der Waals surface area (Å²) >= 11 is 1.51. The first kappa shape index (κ1) is 9.87. The van der Waals surface area contributed by atoms with Gasteiger partial charge in [0.25, 0.3) is 5.56 Å². The Morgan fingerprint density at radius 1 is 1.67 bits per heavy atom. The van der Waals surface area contributed by atoms with Gasteiger partial charge in [0.15, 0.2) is 0 Å². The van der Waals surface area contributed by atoms with Crippen LogP contribution in [0.25, 0.3) is 10.2 Å². The lowest BCUT2D eigenvalue weighted by Crippen LogP contribution is -2.09. The Morgan fingerprint density at radius 2 is 2.47 bits per heavy atom. The summed E-state index contributed by atoms with van der Waals surface area (Å²) in [7, 11) is 0. The minimum absolute atomic E-state index is 0.143. The van der Waals surface area contributed by atoms with E-state index in [4.69, 9.17) is 5.26 Å². The number of fused-ring (bicyclic) bond motifs is 1. The van der Waals surface area contributed by atoms with Crippen LogP contribution in [0.4, 0.5) is 0 Å². The molecule has 76 valence electrons. The average molecular weight is 219 g/mol. The lowest BCUT2D eigenvalue weighted by atomic mass is 10.3. The number of aromatic nitrogens is 2. The number of aryl methyl sites for hydroxylation is 1. The Balaban J connectivity index is 2.66. The highest BCUT2D eigenvalue weighted by atomic mass is 32.1. The molecule has 0 saturated heterocycles. The van der Waals surface area contributed by atoms with Crippen molar-refractivity contribution in [2.24, 2.45) is 0 Å². The van der Waals surface area contributed by atoms with Crippen molar-refractivity contribution in [3.8, 4) is 6.07 Å². The van der Waals surface area contributed by atoms with E-state index < -0.39 is 0 Å². The van der Waals surface area contributed by atoms with Gasteiger partial charge in [-0.1, -0.05) is 6.92 Å². The van der Waals surface area contributed by atoms with Crippen LogP contribution in [0.1, 0.15) is 17.6 Å². The lowest BCUT2D eigenvalue weighted by molar-refractivity contribution is 1.00. The maximum atomic E-state index is 11.6. The highest BCUT2D eigenvalue weighted by molar-refractivity contribution is 7.18. The highest BCUT2D eigenvalue weighted by Gasteiger charge is 2.07. The predicted octanol–water partition coefficient (Wildman–Crippen LogP) is 1.61. The second kappa shape index (κ2) is 3.83. The smallest absolute Gasteiger partial charge is 0.259 e. The molecule has 15 heavy (non-hydrogen) atoms. The molecule has 0 aliphatic rings. The van der Waals surface area contributed by atoms with Gasteiger partial charge < -0.3 is 4.98 Å². The second-order valence-corrected chi connectivity index (χ2v) is 4.25. The molecular formula is C10H9N3OS. The third kappa shape index (κ3) is 1.76. The number of H-pyrrole nitrogens is 1. The molecule has 0 radical (unpaired) electrons. The molecule has 4 nitrogen and oxygen atoms in total. The molecule has 5 heteroatoms. The molecule has 0 fully saturated rings. The SMILES string of the molecule is CCc1cc2c(=O)[nH]c(CC#N)nc2s1. The Kier molecular flexibility index (Phi) is 2.52. The maximum Gasteiger partial charge on any atom is 0.259 e. The molecule has 2 rings (SSSR count). The van der Waals surface area contributed by atoms with Crippen molar-refractivity contribution in [2.75, 3.05) is 0 Å². The van der Waals surface area contributed by atoms with Crippen LogP contribution in [0, 0.1) is 11.3 Å². The summed E-state index contributed by atoms with van der Waals surface area (Å²) in [6, 6.07) is 3.83. The van der Waals surface area contributed by atoms with Crippen molar-refractivity contribution < 1.29 is 0 Å². The number of hydrogen-bond acceptors (Lipinski definition) is 4. The van der Waals surface area contributed by atoms with Gasteiger partial charge in [0.05, 0.1) is 17.9 Å². The fraction of sp³-hybridized carbons (Fsp3) is 0.300. The van der Waals surface area contributed by atoms with Gasteiger partial charge >= 0.3 is 0 Å². The van der Waals surface area contributed by atoms with E-state index in [1.165, 1.54) is 11.3 Å². The number of aromatic amines is 1. The summed E-state index contributed by atoms with van der Waals surface area (Å²) in [6.45, 7) is 2.04. The number of nitrogens with zero attached hydrogens (tertiary/aromatic N) is 2. The van der Waals surface area contributed by atoms with E-state index in [-0.39, 0.29) is 12.0 Å². The molecule has 0 unspecified atom stereocenters. The van der Waals surface area contributed by atoms with Crippen LogP contribution in [0.2, 0.25) is 0 Å². The van der Waals surface area contributed by atoms with Crippen LogP contribution < -0.4 is 5.56 Å². The molecule has 0 aliphatic heterocycles. The monoisotopic (exact) mass is 219 g/mol. The number of rotatable bonds is 2. The van der Waals surface area contributed by atoms with Crippen LogP contribution in [-0.4, -0.2) is 9.97 Å². The van der Waals surface area contributed by atoms with E-state index in [0.717, 1.165) is 16.1 Å². The zero-order valence-electron chi connectivity index (χ0n) is 8.20. The lowest BCUT2D eigenvalue weighted by Gasteiger charge is -1.93. The van der Waals surface area contributed by atoms with Crippen molar-refractivity contribution in [1.29, 1.82) is 5.26 Å². The summed E-state index contributed by atoms with van der Waals surface area (Å²) in [5.74, 6) is 0.444. The minimum atomic E-state index is -0.152. The first-order chi connectivity index (χ1) is 7.24. The number of hydrogen-bond donors (Lipinski definition) is 1. The third-order valence-electron chi connectivity index (χ3n) is 2.10. The topological polar surface area (TPSA) is 69.5 Å². The molecule has 2 heterocycles. The number of nitrogens with one attached hydrogen (secondary N) is 1. The van der Waals surface area contributed by atoms with E-state index in [1.807, 2.05) is 19.1 Å². The van der Waals surface area contributed by atoms with Crippen molar-refractivity contribution >= 4 is 21.6 Å². The minimum Gasteiger partial charge on any atom is -0.309 e. The van der Waals surface area contributed by atoms with Crippen molar-refractivity contribution in [3.63, 3.8) is 0 Å². The highest BCUT2D eigenvalue weighted by Crippen LogP contribution is 2.21. The number of nitriles is 1. The van der Waals surface area contributed by atoms with Gasteiger partial charge in [-0.3, -0.25) is 4.79 Å². The molecule has 2 aromatic heterocycles. The molecule has 0 spiro atoms.